The summed E-state index contributed by atoms with van der Waals surface area (Å²) >= 11 is 0. The molecule has 1 aliphatic carbocycles. The van der Waals surface area contributed by atoms with Gasteiger partial charge in [0.05, 0.1) is 7.11 Å². The molecule has 47 heavy (non-hydrogen) atoms. The summed E-state index contributed by atoms with van der Waals surface area (Å²) in [6, 6.07) is 55.7. The standard InChI is InChI=1S/C46H34O/c1-46(2)41-19-11-10-18-39(41)45-34-13-5-4-12-33(34)40(28-42(45)46)29-20-22-30(23-21-29)43-35-14-6-8-16-37(35)44(38-17-9-7-15-36(38)43)31-24-26-32(47-3)27-25-31/h4-28H,1-3H3. The molecule has 0 radical (unpaired) electrons. The molecule has 9 rings (SSSR count). The van der Waals surface area contributed by atoms with Gasteiger partial charge in [0.2, 0.25) is 0 Å². The second kappa shape index (κ2) is 10.4. The third-order valence-corrected chi connectivity index (χ3v) is 10.4. The molecule has 0 heterocycles. The van der Waals surface area contributed by atoms with Gasteiger partial charge in [0.1, 0.15) is 5.75 Å². The van der Waals surface area contributed by atoms with E-state index in [1.165, 1.54) is 88.0 Å². The van der Waals surface area contributed by atoms with Crippen molar-refractivity contribution in [2.24, 2.45) is 0 Å². The van der Waals surface area contributed by atoms with Crippen LogP contribution in [0.25, 0.3) is 76.8 Å². The lowest BCUT2D eigenvalue weighted by Crippen LogP contribution is -2.15. The van der Waals surface area contributed by atoms with Crippen LogP contribution in [-0.4, -0.2) is 7.11 Å². The predicted molar refractivity (Wildman–Crippen MR) is 199 cm³/mol. The Morgan fingerprint density at radius 1 is 0.383 bits per heavy atom. The molecule has 0 spiro atoms. The molecule has 224 valence electrons. The number of hydrogen-bond acceptors (Lipinski definition) is 1. The van der Waals surface area contributed by atoms with Crippen LogP contribution in [0.5, 0.6) is 5.75 Å². The smallest absolute Gasteiger partial charge is 0.118 e. The Hall–Kier alpha value is -5.66. The van der Waals surface area contributed by atoms with Crippen molar-refractivity contribution in [2.75, 3.05) is 7.11 Å². The van der Waals surface area contributed by atoms with Crippen LogP contribution >= 0.6 is 0 Å². The average Bonchev–Trinajstić information content (AvgIpc) is 3.36. The van der Waals surface area contributed by atoms with Gasteiger partial charge in [0.25, 0.3) is 0 Å². The van der Waals surface area contributed by atoms with E-state index in [1.807, 2.05) is 12.1 Å². The van der Waals surface area contributed by atoms with E-state index in [0.29, 0.717) is 0 Å². The molecule has 8 aromatic rings. The fourth-order valence-corrected chi connectivity index (χ4v) is 8.11. The van der Waals surface area contributed by atoms with Crippen molar-refractivity contribution in [3.05, 3.63) is 163 Å². The quantitative estimate of drug-likeness (QED) is 0.182. The van der Waals surface area contributed by atoms with Crippen molar-refractivity contribution in [3.8, 4) is 50.3 Å². The molecule has 0 atom stereocenters. The Labute approximate surface area is 275 Å². The molecule has 0 bridgehead atoms. The highest BCUT2D eigenvalue weighted by atomic mass is 16.5. The normalized spacial score (nSPS) is 13.2. The first-order chi connectivity index (χ1) is 23.0. The maximum atomic E-state index is 5.47. The van der Waals surface area contributed by atoms with E-state index >= 15 is 0 Å². The van der Waals surface area contributed by atoms with Gasteiger partial charge >= 0.3 is 0 Å². The van der Waals surface area contributed by atoms with E-state index in [9.17, 15) is 0 Å². The van der Waals surface area contributed by atoms with Gasteiger partial charge < -0.3 is 4.74 Å². The summed E-state index contributed by atoms with van der Waals surface area (Å²) in [7, 11) is 1.71. The van der Waals surface area contributed by atoms with Gasteiger partial charge in [-0.1, -0.05) is 147 Å². The zero-order valence-corrected chi connectivity index (χ0v) is 26.8. The molecule has 0 saturated heterocycles. The zero-order valence-electron chi connectivity index (χ0n) is 26.8. The van der Waals surface area contributed by atoms with Crippen molar-refractivity contribution in [1.29, 1.82) is 0 Å². The monoisotopic (exact) mass is 602 g/mol. The highest BCUT2D eigenvalue weighted by Gasteiger charge is 2.36. The summed E-state index contributed by atoms with van der Waals surface area (Å²) in [4.78, 5) is 0. The van der Waals surface area contributed by atoms with Crippen molar-refractivity contribution in [2.45, 2.75) is 19.3 Å². The maximum Gasteiger partial charge on any atom is 0.118 e. The Morgan fingerprint density at radius 2 is 0.809 bits per heavy atom. The number of benzene rings is 8. The summed E-state index contributed by atoms with van der Waals surface area (Å²) in [6.07, 6.45) is 0. The summed E-state index contributed by atoms with van der Waals surface area (Å²) in [6.45, 7) is 4.73. The van der Waals surface area contributed by atoms with Gasteiger partial charge in [-0.2, -0.15) is 0 Å². The SMILES string of the molecule is COc1ccc(-c2c3ccccc3c(-c3ccc(-c4cc5c(c6ccccc46)-c4ccccc4C5(C)C)cc3)c3ccccc23)cc1. The molecule has 0 aliphatic heterocycles. The van der Waals surface area contributed by atoms with Crippen molar-refractivity contribution in [3.63, 3.8) is 0 Å². The summed E-state index contributed by atoms with van der Waals surface area (Å²) < 4.78 is 5.47. The Morgan fingerprint density at radius 3 is 1.34 bits per heavy atom. The van der Waals surface area contributed by atoms with Crippen LogP contribution < -0.4 is 4.74 Å². The second-order valence-corrected chi connectivity index (χ2v) is 13.2. The molecular weight excluding hydrogens is 569 g/mol. The van der Waals surface area contributed by atoms with E-state index in [1.54, 1.807) is 7.11 Å². The molecule has 1 aliphatic rings. The minimum absolute atomic E-state index is 0.0614. The third-order valence-electron chi connectivity index (χ3n) is 10.4. The first kappa shape index (κ1) is 27.6. The molecule has 0 fully saturated rings. The van der Waals surface area contributed by atoms with Gasteiger partial charge in [0, 0.05) is 5.41 Å². The largest absolute Gasteiger partial charge is 0.497 e. The van der Waals surface area contributed by atoms with Crippen LogP contribution in [-0.2, 0) is 5.41 Å². The number of rotatable bonds is 4. The van der Waals surface area contributed by atoms with Gasteiger partial charge in [-0.25, -0.2) is 0 Å². The lowest BCUT2D eigenvalue weighted by atomic mass is 9.80. The fraction of sp³-hybridized carbons (Fsp3) is 0.0870. The number of ether oxygens (including phenoxy) is 1. The Kier molecular flexibility index (Phi) is 6.14. The highest BCUT2D eigenvalue weighted by molar-refractivity contribution is 6.21. The number of fused-ring (bicyclic) bond motifs is 7. The van der Waals surface area contributed by atoms with E-state index in [2.05, 4.69) is 153 Å². The topological polar surface area (TPSA) is 9.23 Å². The van der Waals surface area contributed by atoms with Crippen LogP contribution in [0.3, 0.4) is 0 Å². The van der Waals surface area contributed by atoms with Crippen LogP contribution in [0, 0.1) is 0 Å². The van der Waals surface area contributed by atoms with Crippen LogP contribution in [0.2, 0.25) is 0 Å². The maximum absolute atomic E-state index is 5.47. The lowest BCUT2D eigenvalue weighted by molar-refractivity contribution is 0.415. The minimum atomic E-state index is -0.0614. The van der Waals surface area contributed by atoms with E-state index in [0.717, 1.165) is 5.75 Å². The van der Waals surface area contributed by atoms with Crippen molar-refractivity contribution >= 4 is 32.3 Å². The van der Waals surface area contributed by atoms with Gasteiger partial charge in [-0.3, -0.25) is 0 Å². The number of hydrogen-bond donors (Lipinski definition) is 0. The van der Waals surface area contributed by atoms with E-state index < -0.39 is 0 Å². The second-order valence-electron chi connectivity index (χ2n) is 13.2. The number of methoxy groups -OCH3 is 1. The van der Waals surface area contributed by atoms with Gasteiger partial charge in [-0.15, -0.1) is 0 Å². The van der Waals surface area contributed by atoms with Crippen LogP contribution in [0.4, 0.5) is 0 Å². The highest BCUT2D eigenvalue weighted by Crippen LogP contribution is 2.53. The molecule has 0 unspecified atom stereocenters. The molecule has 0 N–H and O–H groups in total. The van der Waals surface area contributed by atoms with Gasteiger partial charge in [-0.05, 0) is 106 Å². The Bertz CT molecular complexity index is 2440. The molecule has 1 nitrogen and oxygen atoms in total. The molecule has 0 aromatic heterocycles. The van der Waals surface area contributed by atoms with Crippen LogP contribution in [0.1, 0.15) is 25.0 Å². The first-order valence-corrected chi connectivity index (χ1v) is 16.4. The minimum Gasteiger partial charge on any atom is -0.497 e. The molecule has 1 heteroatoms. The molecular formula is C46H34O. The van der Waals surface area contributed by atoms with E-state index in [-0.39, 0.29) is 5.41 Å². The first-order valence-electron chi connectivity index (χ1n) is 16.4. The third kappa shape index (κ3) is 4.09. The fourth-order valence-electron chi connectivity index (χ4n) is 8.11. The summed E-state index contributed by atoms with van der Waals surface area (Å²) in [5.74, 6) is 0.864. The van der Waals surface area contributed by atoms with Gasteiger partial charge in [0.15, 0.2) is 0 Å². The zero-order chi connectivity index (χ0) is 31.7. The predicted octanol–water partition coefficient (Wildman–Crippen LogP) is 12.5. The summed E-state index contributed by atoms with van der Waals surface area (Å²) in [5, 5.41) is 7.64. The molecule has 8 aromatic carbocycles. The lowest BCUT2D eigenvalue weighted by Gasteiger charge is -2.23. The average molecular weight is 603 g/mol. The van der Waals surface area contributed by atoms with Crippen molar-refractivity contribution in [1.82, 2.24) is 0 Å². The van der Waals surface area contributed by atoms with E-state index in [4.69, 9.17) is 4.74 Å². The van der Waals surface area contributed by atoms with Crippen molar-refractivity contribution < 1.29 is 4.74 Å². The van der Waals surface area contributed by atoms with Crippen LogP contribution in [0.15, 0.2) is 152 Å². The summed E-state index contributed by atoms with van der Waals surface area (Å²) in [5.41, 5.74) is 13.0. The molecule has 0 amide bonds. The molecule has 0 saturated carbocycles. The Balaban J connectivity index is 1.24.